The maximum absolute atomic E-state index is 11.6. The van der Waals surface area contributed by atoms with Crippen molar-refractivity contribution in [1.82, 2.24) is 0 Å². The van der Waals surface area contributed by atoms with E-state index >= 15 is 0 Å². The molecule has 0 unspecified atom stereocenters. The first-order valence-electron chi connectivity index (χ1n) is 6.48. The fourth-order valence-corrected chi connectivity index (χ4v) is 2.30. The number of ether oxygens (including phenoxy) is 2. The van der Waals surface area contributed by atoms with E-state index in [1.807, 2.05) is 12.1 Å². The van der Waals surface area contributed by atoms with Crippen LogP contribution in [0.3, 0.4) is 0 Å². The standard InChI is InChI=1S/C17H15ClO4/c1-21-15-6-4-3-5-12(15)9-13(17(19)20)11-7-8-16(22-2)14(18)10-11/h3-10H,1-2H3,(H,19,20)/b13-9-. The predicted octanol–water partition coefficient (Wildman–Crippen LogP) is 3.98. The fraction of sp³-hybridized carbons (Fsp3) is 0.118. The molecule has 114 valence electrons. The van der Waals surface area contributed by atoms with E-state index in [1.165, 1.54) is 14.2 Å². The van der Waals surface area contributed by atoms with Crippen LogP contribution in [0.1, 0.15) is 11.1 Å². The number of hydrogen-bond acceptors (Lipinski definition) is 3. The number of carbonyl (C=O) groups is 1. The van der Waals surface area contributed by atoms with Gasteiger partial charge in [0.05, 0.1) is 24.8 Å². The van der Waals surface area contributed by atoms with Gasteiger partial charge in [-0.2, -0.15) is 0 Å². The van der Waals surface area contributed by atoms with Gasteiger partial charge < -0.3 is 14.6 Å². The van der Waals surface area contributed by atoms with Crippen molar-refractivity contribution in [2.24, 2.45) is 0 Å². The molecule has 2 aromatic carbocycles. The van der Waals surface area contributed by atoms with E-state index in [1.54, 1.807) is 36.4 Å². The Morgan fingerprint density at radius 3 is 2.36 bits per heavy atom. The molecule has 4 nitrogen and oxygen atoms in total. The molecule has 0 aliphatic heterocycles. The average molecular weight is 319 g/mol. The maximum atomic E-state index is 11.6. The number of aliphatic carboxylic acids is 1. The molecule has 0 saturated heterocycles. The molecule has 0 aromatic heterocycles. The van der Waals surface area contributed by atoms with Crippen LogP contribution in [0.25, 0.3) is 11.6 Å². The highest BCUT2D eigenvalue weighted by Crippen LogP contribution is 2.30. The SMILES string of the molecule is COc1ccc(/C(=C/c2ccccc2OC)C(=O)O)cc1Cl. The number of methoxy groups -OCH3 is 2. The molecule has 0 heterocycles. The van der Waals surface area contributed by atoms with Gasteiger partial charge in [0.1, 0.15) is 11.5 Å². The van der Waals surface area contributed by atoms with Crippen LogP contribution in [0.2, 0.25) is 5.02 Å². The zero-order valence-electron chi connectivity index (χ0n) is 12.2. The molecule has 1 N–H and O–H groups in total. The molecule has 0 bridgehead atoms. The van der Waals surface area contributed by atoms with Crippen LogP contribution in [0.5, 0.6) is 11.5 Å². The zero-order chi connectivity index (χ0) is 16.1. The number of benzene rings is 2. The number of carboxylic acids is 1. The fourth-order valence-electron chi connectivity index (χ4n) is 2.04. The van der Waals surface area contributed by atoms with Gasteiger partial charge in [0, 0.05) is 5.56 Å². The molecule has 0 atom stereocenters. The highest BCUT2D eigenvalue weighted by atomic mass is 35.5. The topological polar surface area (TPSA) is 55.8 Å². The van der Waals surface area contributed by atoms with Gasteiger partial charge in [-0.1, -0.05) is 35.9 Å². The summed E-state index contributed by atoms with van der Waals surface area (Å²) in [5, 5.41) is 9.84. The van der Waals surface area contributed by atoms with Gasteiger partial charge in [-0.3, -0.25) is 0 Å². The van der Waals surface area contributed by atoms with Gasteiger partial charge in [0.2, 0.25) is 0 Å². The summed E-state index contributed by atoms with van der Waals surface area (Å²) in [6.07, 6.45) is 1.55. The first-order valence-corrected chi connectivity index (χ1v) is 6.86. The van der Waals surface area contributed by atoms with Crippen molar-refractivity contribution < 1.29 is 19.4 Å². The molecular formula is C17H15ClO4. The van der Waals surface area contributed by atoms with Crippen LogP contribution in [0.4, 0.5) is 0 Å². The zero-order valence-corrected chi connectivity index (χ0v) is 12.9. The second kappa shape index (κ2) is 7.00. The van der Waals surface area contributed by atoms with Crippen LogP contribution < -0.4 is 9.47 Å². The van der Waals surface area contributed by atoms with Crippen molar-refractivity contribution in [2.75, 3.05) is 14.2 Å². The lowest BCUT2D eigenvalue weighted by atomic mass is 10.0. The van der Waals surface area contributed by atoms with Crippen molar-refractivity contribution in [1.29, 1.82) is 0 Å². The summed E-state index contributed by atoms with van der Waals surface area (Å²) < 4.78 is 10.3. The Hall–Kier alpha value is -2.46. The van der Waals surface area contributed by atoms with Gasteiger partial charge in [-0.15, -0.1) is 0 Å². The minimum atomic E-state index is -1.05. The quantitative estimate of drug-likeness (QED) is 0.669. The van der Waals surface area contributed by atoms with Gasteiger partial charge in [-0.25, -0.2) is 4.79 Å². The summed E-state index contributed by atoms with van der Waals surface area (Å²) in [5.74, 6) is 0.0421. The number of halogens is 1. The Balaban J connectivity index is 2.53. The molecule has 0 spiro atoms. The largest absolute Gasteiger partial charge is 0.496 e. The van der Waals surface area contributed by atoms with E-state index in [0.29, 0.717) is 27.6 Å². The van der Waals surface area contributed by atoms with Crippen molar-refractivity contribution in [3.8, 4) is 11.5 Å². The number of para-hydroxylation sites is 1. The van der Waals surface area contributed by atoms with Crippen molar-refractivity contribution in [3.05, 3.63) is 58.6 Å². The van der Waals surface area contributed by atoms with Crippen molar-refractivity contribution in [3.63, 3.8) is 0 Å². The first-order chi connectivity index (χ1) is 10.6. The highest BCUT2D eigenvalue weighted by Gasteiger charge is 2.14. The van der Waals surface area contributed by atoms with Crippen molar-refractivity contribution in [2.45, 2.75) is 0 Å². The average Bonchev–Trinajstić information content (AvgIpc) is 2.52. The second-order valence-corrected chi connectivity index (χ2v) is 4.86. The molecule has 0 saturated carbocycles. The number of rotatable bonds is 5. The summed E-state index contributed by atoms with van der Waals surface area (Å²) in [6.45, 7) is 0. The molecule has 0 aliphatic rings. The van der Waals surface area contributed by atoms with Crippen LogP contribution in [-0.2, 0) is 4.79 Å². The van der Waals surface area contributed by atoms with Gasteiger partial charge in [0.15, 0.2) is 0 Å². The smallest absolute Gasteiger partial charge is 0.336 e. The summed E-state index contributed by atoms with van der Waals surface area (Å²) in [7, 11) is 3.04. The second-order valence-electron chi connectivity index (χ2n) is 4.45. The predicted molar refractivity (Wildman–Crippen MR) is 86.5 cm³/mol. The lowest BCUT2D eigenvalue weighted by molar-refractivity contribution is -0.130. The lowest BCUT2D eigenvalue weighted by Gasteiger charge is -2.09. The van der Waals surface area contributed by atoms with Gasteiger partial charge in [0.25, 0.3) is 0 Å². The van der Waals surface area contributed by atoms with Crippen LogP contribution in [0, 0.1) is 0 Å². The molecule has 0 fully saturated rings. The first kappa shape index (κ1) is 15.9. The third kappa shape index (κ3) is 3.40. The molecule has 2 rings (SSSR count). The number of hydrogen-bond donors (Lipinski definition) is 1. The van der Waals surface area contributed by atoms with Crippen LogP contribution >= 0.6 is 11.6 Å². The third-order valence-electron chi connectivity index (χ3n) is 3.13. The molecule has 0 radical (unpaired) electrons. The Morgan fingerprint density at radius 1 is 1.09 bits per heavy atom. The van der Waals surface area contributed by atoms with Crippen LogP contribution in [0.15, 0.2) is 42.5 Å². The molecule has 0 aliphatic carbocycles. The van der Waals surface area contributed by atoms with Crippen molar-refractivity contribution >= 4 is 29.2 Å². The van der Waals surface area contributed by atoms with E-state index < -0.39 is 5.97 Å². The Bertz CT molecular complexity index is 722. The van der Waals surface area contributed by atoms with Crippen LogP contribution in [-0.4, -0.2) is 25.3 Å². The Morgan fingerprint density at radius 2 is 1.77 bits per heavy atom. The van der Waals surface area contributed by atoms with E-state index in [-0.39, 0.29) is 5.57 Å². The summed E-state index contributed by atoms with van der Waals surface area (Å²) in [4.78, 5) is 11.6. The monoisotopic (exact) mass is 318 g/mol. The van der Waals surface area contributed by atoms with E-state index in [2.05, 4.69) is 0 Å². The summed E-state index contributed by atoms with van der Waals surface area (Å²) >= 11 is 6.07. The molecule has 0 amide bonds. The number of carboxylic acid groups (broad SMARTS) is 1. The van der Waals surface area contributed by atoms with Gasteiger partial charge >= 0.3 is 5.97 Å². The summed E-state index contributed by atoms with van der Waals surface area (Å²) in [6, 6.07) is 12.0. The molecule has 22 heavy (non-hydrogen) atoms. The normalized spacial score (nSPS) is 11.1. The highest BCUT2D eigenvalue weighted by molar-refractivity contribution is 6.32. The summed E-state index contributed by atoms with van der Waals surface area (Å²) in [5.41, 5.74) is 1.28. The lowest BCUT2D eigenvalue weighted by Crippen LogP contribution is -2.00. The Kier molecular flexibility index (Phi) is 5.07. The maximum Gasteiger partial charge on any atom is 0.336 e. The van der Waals surface area contributed by atoms with E-state index in [4.69, 9.17) is 21.1 Å². The molecule has 5 heteroatoms. The van der Waals surface area contributed by atoms with E-state index in [0.717, 1.165) is 0 Å². The molecular weight excluding hydrogens is 304 g/mol. The Labute approximate surface area is 133 Å². The molecule has 2 aromatic rings. The van der Waals surface area contributed by atoms with E-state index in [9.17, 15) is 9.90 Å². The third-order valence-corrected chi connectivity index (χ3v) is 3.43. The van der Waals surface area contributed by atoms with Gasteiger partial charge in [-0.05, 0) is 29.8 Å². The minimum absolute atomic E-state index is 0.119. The minimum Gasteiger partial charge on any atom is -0.496 e.